The molecule has 4 aromatic rings. The van der Waals surface area contributed by atoms with E-state index in [0.717, 1.165) is 11.1 Å². The fraction of sp³-hybridized carbons (Fsp3) is 0.296. The Balaban J connectivity index is 1.33. The van der Waals surface area contributed by atoms with Crippen LogP contribution in [0.3, 0.4) is 0 Å². The summed E-state index contributed by atoms with van der Waals surface area (Å²) in [5, 5.41) is 18.4. The second-order valence-corrected chi connectivity index (χ2v) is 8.98. The van der Waals surface area contributed by atoms with Crippen molar-refractivity contribution >= 4 is 16.9 Å². The van der Waals surface area contributed by atoms with Crippen LogP contribution in [0.4, 0.5) is 0 Å². The number of rotatable bonds is 8. The number of carbonyl (C=O) groups excluding carboxylic acids is 1. The van der Waals surface area contributed by atoms with E-state index in [2.05, 4.69) is 10.4 Å². The highest BCUT2D eigenvalue weighted by Crippen LogP contribution is 2.35. The van der Waals surface area contributed by atoms with Crippen LogP contribution in [0, 0.1) is 6.92 Å². The number of nitrogens with one attached hydrogen (secondary N) is 1. The van der Waals surface area contributed by atoms with Gasteiger partial charge in [0.25, 0.3) is 5.91 Å². The van der Waals surface area contributed by atoms with Gasteiger partial charge in [0.05, 0.1) is 22.8 Å². The molecule has 9 nitrogen and oxygen atoms in total. The van der Waals surface area contributed by atoms with E-state index in [1.807, 2.05) is 49.7 Å². The van der Waals surface area contributed by atoms with E-state index < -0.39 is 6.10 Å². The van der Waals surface area contributed by atoms with E-state index >= 15 is 0 Å². The molecule has 1 aliphatic heterocycles. The van der Waals surface area contributed by atoms with Crippen molar-refractivity contribution in [2.75, 3.05) is 19.9 Å². The van der Waals surface area contributed by atoms with Crippen LogP contribution < -0.4 is 19.5 Å². The lowest BCUT2D eigenvalue weighted by molar-refractivity contribution is 0.0844. The molecule has 0 bridgehead atoms. The van der Waals surface area contributed by atoms with Crippen LogP contribution in [-0.4, -0.2) is 51.8 Å². The Bertz CT molecular complexity index is 1410. The second kappa shape index (κ2) is 9.87. The third kappa shape index (κ3) is 4.70. The summed E-state index contributed by atoms with van der Waals surface area (Å²) in [6.07, 6.45) is 0.754. The first-order valence-corrected chi connectivity index (χ1v) is 11.8. The van der Waals surface area contributed by atoms with E-state index in [1.54, 1.807) is 30.5 Å². The van der Waals surface area contributed by atoms with Gasteiger partial charge in [0.15, 0.2) is 17.1 Å². The minimum atomic E-state index is -0.911. The Morgan fingerprint density at radius 3 is 2.78 bits per heavy atom. The highest BCUT2D eigenvalue weighted by molar-refractivity contribution is 6.06. The molecular weight excluding hydrogens is 460 g/mol. The lowest BCUT2D eigenvalue weighted by Gasteiger charge is -2.15. The number of fused-ring (bicyclic) bond motifs is 2. The normalized spacial score (nSPS) is 13.2. The van der Waals surface area contributed by atoms with Crippen molar-refractivity contribution in [2.24, 2.45) is 0 Å². The molecule has 0 aliphatic carbocycles. The van der Waals surface area contributed by atoms with Gasteiger partial charge in [0.1, 0.15) is 18.5 Å². The lowest BCUT2D eigenvalue weighted by atomic mass is 10.0. The van der Waals surface area contributed by atoms with E-state index in [1.165, 1.54) is 0 Å². The quantitative estimate of drug-likeness (QED) is 0.387. The van der Waals surface area contributed by atoms with Crippen LogP contribution >= 0.6 is 0 Å². The third-order valence-corrected chi connectivity index (χ3v) is 6.01. The zero-order valence-corrected chi connectivity index (χ0v) is 20.4. The predicted molar refractivity (Wildman–Crippen MR) is 134 cm³/mol. The molecule has 1 atom stereocenters. The average molecular weight is 489 g/mol. The van der Waals surface area contributed by atoms with Crippen molar-refractivity contribution in [3.05, 3.63) is 65.9 Å². The fourth-order valence-corrected chi connectivity index (χ4v) is 4.11. The zero-order chi connectivity index (χ0) is 25.2. The molecule has 36 heavy (non-hydrogen) atoms. The van der Waals surface area contributed by atoms with Crippen LogP contribution in [0.5, 0.6) is 17.2 Å². The maximum atomic E-state index is 13.3. The monoisotopic (exact) mass is 488 g/mol. The minimum absolute atomic E-state index is 0.00538. The maximum Gasteiger partial charge on any atom is 0.252 e. The SMILES string of the molecule is Cc1ccccc1-c1cc(C(=O)NCC(O)COc2ccc3c(c2)OCO3)c2cnn(C(C)C)c2n1. The molecule has 0 saturated carbocycles. The van der Waals surface area contributed by atoms with Crippen LogP contribution in [0.15, 0.2) is 54.7 Å². The van der Waals surface area contributed by atoms with Crippen LogP contribution in [0.25, 0.3) is 22.3 Å². The van der Waals surface area contributed by atoms with E-state index in [9.17, 15) is 9.90 Å². The number of ether oxygens (including phenoxy) is 3. The molecule has 5 rings (SSSR count). The van der Waals surface area contributed by atoms with Gasteiger partial charge in [-0.15, -0.1) is 0 Å². The molecule has 2 aromatic heterocycles. The largest absolute Gasteiger partial charge is 0.491 e. The Kier molecular flexibility index (Phi) is 6.47. The van der Waals surface area contributed by atoms with Gasteiger partial charge in [0.2, 0.25) is 6.79 Å². The molecule has 1 unspecified atom stereocenters. The average Bonchev–Trinajstić information content (AvgIpc) is 3.52. The van der Waals surface area contributed by atoms with E-state index in [4.69, 9.17) is 19.2 Å². The van der Waals surface area contributed by atoms with Crippen molar-refractivity contribution in [3.8, 4) is 28.5 Å². The van der Waals surface area contributed by atoms with Crippen molar-refractivity contribution in [1.29, 1.82) is 0 Å². The third-order valence-electron chi connectivity index (χ3n) is 6.01. The molecule has 1 aliphatic rings. The van der Waals surface area contributed by atoms with Crippen molar-refractivity contribution in [1.82, 2.24) is 20.1 Å². The molecule has 2 aromatic carbocycles. The molecule has 9 heteroatoms. The maximum absolute atomic E-state index is 13.3. The Morgan fingerprint density at radius 1 is 1.17 bits per heavy atom. The number of carbonyl (C=O) groups is 1. The highest BCUT2D eigenvalue weighted by Gasteiger charge is 2.20. The number of hydrogen-bond donors (Lipinski definition) is 2. The fourth-order valence-electron chi connectivity index (χ4n) is 4.11. The Labute approximate surface area is 208 Å². The van der Waals surface area contributed by atoms with Crippen molar-refractivity contribution < 1.29 is 24.1 Å². The first-order chi connectivity index (χ1) is 17.4. The van der Waals surface area contributed by atoms with Gasteiger partial charge in [-0.25, -0.2) is 9.67 Å². The summed E-state index contributed by atoms with van der Waals surface area (Å²) in [4.78, 5) is 18.1. The number of amides is 1. The summed E-state index contributed by atoms with van der Waals surface area (Å²) in [5.74, 6) is 1.49. The van der Waals surface area contributed by atoms with Gasteiger partial charge in [-0.2, -0.15) is 5.10 Å². The number of benzene rings is 2. The topological polar surface area (TPSA) is 108 Å². The molecular formula is C27H28N4O5. The molecule has 0 fully saturated rings. The van der Waals surface area contributed by atoms with Gasteiger partial charge in [-0.05, 0) is 44.5 Å². The number of pyridine rings is 1. The molecule has 1 amide bonds. The van der Waals surface area contributed by atoms with E-state index in [-0.39, 0.29) is 31.9 Å². The van der Waals surface area contributed by atoms with E-state index in [0.29, 0.717) is 39.5 Å². The number of aryl methyl sites for hydroxylation is 1. The van der Waals surface area contributed by atoms with Gasteiger partial charge in [0, 0.05) is 24.2 Å². The summed E-state index contributed by atoms with van der Waals surface area (Å²) in [5.41, 5.74) is 3.79. The number of aliphatic hydroxyl groups is 1. The second-order valence-electron chi connectivity index (χ2n) is 8.98. The van der Waals surface area contributed by atoms with Crippen LogP contribution in [0.1, 0.15) is 35.8 Å². The van der Waals surface area contributed by atoms with Crippen molar-refractivity contribution in [2.45, 2.75) is 32.9 Å². The van der Waals surface area contributed by atoms with Gasteiger partial charge in [-0.1, -0.05) is 24.3 Å². The molecule has 0 spiro atoms. The summed E-state index contributed by atoms with van der Waals surface area (Å²) in [6, 6.07) is 15.0. The van der Waals surface area contributed by atoms with Crippen molar-refractivity contribution in [3.63, 3.8) is 0 Å². The van der Waals surface area contributed by atoms with Gasteiger partial charge >= 0.3 is 0 Å². The first-order valence-electron chi connectivity index (χ1n) is 11.8. The minimum Gasteiger partial charge on any atom is -0.491 e. The standard InChI is InChI=1S/C27H28N4O5/c1-16(2)31-26-22(13-29-31)21(11-23(30-26)20-7-5-4-6-17(20)3)27(33)28-12-18(32)14-34-19-8-9-24-25(10-19)36-15-35-24/h4-11,13,16,18,32H,12,14-15H2,1-3H3,(H,28,33). The first kappa shape index (κ1) is 23.6. The molecule has 186 valence electrons. The summed E-state index contributed by atoms with van der Waals surface area (Å²) in [6.45, 7) is 6.25. The Morgan fingerprint density at radius 2 is 1.97 bits per heavy atom. The number of aliphatic hydroxyl groups excluding tert-OH is 1. The highest BCUT2D eigenvalue weighted by atomic mass is 16.7. The smallest absolute Gasteiger partial charge is 0.252 e. The van der Waals surface area contributed by atoms with Crippen LogP contribution in [-0.2, 0) is 0 Å². The predicted octanol–water partition coefficient (Wildman–Crippen LogP) is 3.89. The van der Waals surface area contributed by atoms with Gasteiger partial charge in [-0.3, -0.25) is 4.79 Å². The molecule has 2 N–H and O–H groups in total. The Hall–Kier alpha value is -4.11. The van der Waals surface area contributed by atoms with Gasteiger partial charge < -0.3 is 24.6 Å². The summed E-state index contributed by atoms with van der Waals surface area (Å²) < 4.78 is 18.1. The number of nitrogens with zero attached hydrogens (tertiary/aromatic N) is 3. The zero-order valence-electron chi connectivity index (χ0n) is 20.4. The summed E-state index contributed by atoms with van der Waals surface area (Å²) >= 11 is 0. The number of aromatic nitrogens is 3. The lowest BCUT2D eigenvalue weighted by Crippen LogP contribution is -2.35. The van der Waals surface area contributed by atoms with Crippen LogP contribution in [0.2, 0.25) is 0 Å². The number of hydrogen-bond acceptors (Lipinski definition) is 7. The molecule has 0 radical (unpaired) electrons. The molecule has 3 heterocycles. The molecule has 0 saturated heterocycles. The summed E-state index contributed by atoms with van der Waals surface area (Å²) in [7, 11) is 0.